The molecule has 4 aromatic rings. The van der Waals surface area contributed by atoms with Gasteiger partial charge in [0.2, 0.25) is 5.91 Å². The van der Waals surface area contributed by atoms with Crippen LogP contribution in [0.5, 0.6) is 5.88 Å². The fraction of sp³-hybridized carbons (Fsp3) is 0.250. The number of nitrogens with zero attached hydrogens (tertiary/aromatic N) is 3. The zero-order valence-electron chi connectivity index (χ0n) is 23.7. The van der Waals surface area contributed by atoms with E-state index in [4.69, 9.17) is 10.1 Å². The van der Waals surface area contributed by atoms with Crippen molar-refractivity contribution in [1.82, 2.24) is 20.1 Å². The summed E-state index contributed by atoms with van der Waals surface area (Å²) in [6, 6.07) is 19.5. The number of carboxylic acids is 1. The lowest BCUT2D eigenvalue weighted by molar-refractivity contribution is -0.122. The number of carboxylic acid groups (broad SMARTS) is 1. The van der Waals surface area contributed by atoms with E-state index in [0.717, 1.165) is 5.56 Å². The van der Waals surface area contributed by atoms with Crippen LogP contribution in [0.1, 0.15) is 37.4 Å². The SMILES string of the molecule is Cc1cc2c(C(=Nc3ccc(C(=O)N4CCN(CC(=O)NCCO)CC4)cc3)c3ccccc3)c(O)[nH]c2cc1C(=O)O. The number of aromatic hydroxyl groups is 1. The van der Waals surface area contributed by atoms with E-state index in [9.17, 15) is 24.6 Å². The Balaban J connectivity index is 1.38. The lowest BCUT2D eigenvalue weighted by atomic mass is 9.98. The van der Waals surface area contributed by atoms with Crippen molar-refractivity contribution in [2.24, 2.45) is 4.99 Å². The van der Waals surface area contributed by atoms with Crippen LogP contribution in [0.4, 0.5) is 5.69 Å². The van der Waals surface area contributed by atoms with Crippen LogP contribution in [0.25, 0.3) is 10.9 Å². The second-order valence-corrected chi connectivity index (χ2v) is 10.4. The number of aromatic amines is 1. The number of fused-ring (bicyclic) bond motifs is 1. The Morgan fingerprint density at radius 2 is 1.65 bits per heavy atom. The normalized spacial score (nSPS) is 14.2. The van der Waals surface area contributed by atoms with Gasteiger partial charge >= 0.3 is 5.97 Å². The smallest absolute Gasteiger partial charge is 0.336 e. The summed E-state index contributed by atoms with van der Waals surface area (Å²) in [7, 11) is 0. The number of hydrogen-bond donors (Lipinski definition) is 5. The van der Waals surface area contributed by atoms with Crippen molar-refractivity contribution in [2.45, 2.75) is 6.92 Å². The van der Waals surface area contributed by atoms with Crippen LogP contribution in [0.15, 0.2) is 71.7 Å². The molecule has 5 N–H and O–H groups in total. The Morgan fingerprint density at radius 1 is 0.953 bits per heavy atom. The van der Waals surface area contributed by atoms with Crippen LogP contribution in [-0.4, -0.2) is 99.5 Å². The fourth-order valence-corrected chi connectivity index (χ4v) is 5.22. The third kappa shape index (κ3) is 6.58. The van der Waals surface area contributed by atoms with Crippen molar-refractivity contribution in [2.75, 3.05) is 45.9 Å². The van der Waals surface area contributed by atoms with Gasteiger partial charge in [0, 0.05) is 54.8 Å². The predicted octanol–water partition coefficient (Wildman–Crippen LogP) is 2.92. The van der Waals surface area contributed by atoms with Gasteiger partial charge in [0.1, 0.15) is 0 Å². The summed E-state index contributed by atoms with van der Waals surface area (Å²) in [4.78, 5) is 48.3. The fourth-order valence-electron chi connectivity index (χ4n) is 5.22. The Hall–Kier alpha value is -5.00. The first-order valence-electron chi connectivity index (χ1n) is 14.0. The Morgan fingerprint density at radius 3 is 2.30 bits per heavy atom. The number of nitrogens with one attached hydrogen (secondary N) is 2. The van der Waals surface area contributed by atoms with E-state index in [1.54, 1.807) is 42.2 Å². The van der Waals surface area contributed by atoms with Crippen LogP contribution in [0.2, 0.25) is 0 Å². The molecule has 5 rings (SSSR count). The van der Waals surface area contributed by atoms with Gasteiger partial charge in [-0.3, -0.25) is 14.5 Å². The molecule has 0 atom stereocenters. The molecule has 222 valence electrons. The van der Waals surface area contributed by atoms with Crippen LogP contribution in [-0.2, 0) is 4.79 Å². The molecule has 2 heterocycles. The molecule has 1 aromatic heterocycles. The van der Waals surface area contributed by atoms with Gasteiger partial charge in [-0.1, -0.05) is 30.3 Å². The van der Waals surface area contributed by atoms with E-state index in [1.807, 2.05) is 35.2 Å². The van der Waals surface area contributed by atoms with E-state index in [1.165, 1.54) is 6.07 Å². The molecule has 0 radical (unpaired) electrons. The third-order valence-corrected chi connectivity index (χ3v) is 7.45. The molecule has 0 bridgehead atoms. The van der Waals surface area contributed by atoms with Gasteiger partial charge in [-0.05, 0) is 48.9 Å². The number of aryl methyl sites for hydroxylation is 1. The number of amides is 2. The molecule has 0 unspecified atom stereocenters. The number of H-pyrrole nitrogens is 1. The molecule has 11 heteroatoms. The number of aromatic carboxylic acids is 1. The number of carbonyl (C=O) groups is 3. The van der Waals surface area contributed by atoms with Gasteiger partial charge in [-0.25, -0.2) is 9.79 Å². The van der Waals surface area contributed by atoms with Crippen molar-refractivity contribution in [1.29, 1.82) is 0 Å². The molecule has 0 saturated carbocycles. The van der Waals surface area contributed by atoms with E-state index in [2.05, 4.69) is 10.3 Å². The van der Waals surface area contributed by atoms with Gasteiger partial charge < -0.3 is 30.5 Å². The molecular formula is C32H33N5O6. The molecule has 0 aliphatic carbocycles. The number of aromatic nitrogens is 1. The van der Waals surface area contributed by atoms with Gasteiger partial charge in [0.25, 0.3) is 5.91 Å². The number of piperazine rings is 1. The van der Waals surface area contributed by atoms with Crippen LogP contribution in [0, 0.1) is 6.92 Å². The molecule has 3 aromatic carbocycles. The first-order chi connectivity index (χ1) is 20.7. The highest BCUT2D eigenvalue weighted by Crippen LogP contribution is 2.33. The zero-order chi connectivity index (χ0) is 30.5. The minimum Gasteiger partial charge on any atom is -0.494 e. The number of aliphatic imine (C=N–C) groups is 1. The topological polar surface area (TPSA) is 159 Å². The first kappa shape index (κ1) is 29.5. The second kappa shape index (κ2) is 12.9. The monoisotopic (exact) mass is 583 g/mol. The average molecular weight is 584 g/mol. The minimum atomic E-state index is -1.05. The molecule has 11 nitrogen and oxygen atoms in total. The highest BCUT2D eigenvalue weighted by atomic mass is 16.4. The molecule has 43 heavy (non-hydrogen) atoms. The van der Waals surface area contributed by atoms with Gasteiger partial charge in [-0.2, -0.15) is 0 Å². The number of aliphatic hydroxyl groups is 1. The first-order valence-corrected chi connectivity index (χ1v) is 14.0. The number of benzene rings is 3. The van der Waals surface area contributed by atoms with Crippen molar-refractivity contribution in [3.63, 3.8) is 0 Å². The van der Waals surface area contributed by atoms with Crippen LogP contribution < -0.4 is 5.32 Å². The summed E-state index contributed by atoms with van der Waals surface area (Å²) in [5.41, 5.74) is 3.95. The summed E-state index contributed by atoms with van der Waals surface area (Å²) in [5.74, 6) is -1.44. The number of aliphatic hydroxyl groups excluding tert-OH is 1. The van der Waals surface area contributed by atoms with Crippen molar-refractivity contribution < 1.29 is 29.7 Å². The highest BCUT2D eigenvalue weighted by Gasteiger charge is 2.24. The Kier molecular flexibility index (Phi) is 8.84. The largest absolute Gasteiger partial charge is 0.494 e. The van der Waals surface area contributed by atoms with Crippen LogP contribution in [0.3, 0.4) is 0 Å². The Labute approximate surface area is 248 Å². The van der Waals surface area contributed by atoms with Crippen molar-refractivity contribution in [3.05, 3.63) is 94.5 Å². The second-order valence-electron chi connectivity index (χ2n) is 10.4. The number of hydrogen-bond acceptors (Lipinski definition) is 7. The lowest BCUT2D eigenvalue weighted by Crippen LogP contribution is -2.51. The molecule has 0 spiro atoms. The van der Waals surface area contributed by atoms with E-state index in [-0.39, 0.29) is 43.0 Å². The van der Waals surface area contributed by atoms with E-state index in [0.29, 0.717) is 65.2 Å². The van der Waals surface area contributed by atoms with Gasteiger partial charge in [0.05, 0.1) is 35.7 Å². The van der Waals surface area contributed by atoms with Crippen LogP contribution >= 0.6 is 0 Å². The molecular weight excluding hydrogens is 550 g/mol. The average Bonchev–Trinajstić information content (AvgIpc) is 3.33. The maximum absolute atomic E-state index is 13.2. The molecule has 1 aliphatic rings. The summed E-state index contributed by atoms with van der Waals surface area (Å²) in [6.07, 6.45) is 0. The highest BCUT2D eigenvalue weighted by molar-refractivity contribution is 6.22. The molecule has 2 amide bonds. The van der Waals surface area contributed by atoms with Gasteiger partial charge in [0.15, 0.2) is 5.88 Å². The summed E-state index contributed by atoms with van der Waals surface area (Å²) in [5, 5.41) is 32.6. The number of rotatable bonds is 9. The van der Waals surface area contributed by atoms with Crippen molar-refractivity contribution in [3.8, 4) is 5.88 Å². The third-order valence-electron chi connectivity index (χ3n) is 7.45. The van der Waals surface area contributed by atoms with E-state index >= 15 is 0 Å². The quantitative estimate of drug-likeness (QED) is 0.190. The maximum Gasteiger partial charge on any atom is 0.336 e. The number of carbonyl (C=O) groups excluding carboxylic acids is 2. The molecule has 1 fully saturated rings. The standard InChI is InChI=1S/C32H33N5O6/c1-20-17-25-26(18-24(20)32(42)43)35-30(40)28(25)29(21-5-3-2-4-6-21)34-23-9-7-22(8-10-23)31(41)37-14-12-36(13-15-37)19-27(39)33-11-16-38/h2-10,17-18,35,38,40H,11-16,19H2,1H3,(H,33,39)(H,42,43). The van der Waals surface area contributed by atoms with Gasteiger partial charge in [-0.15, -0.1) is 0 Å². The maximum atomic E-state index is 13.2. The van der Waals surface area contributed by atoms with Crippen molar-refractivity contribution >= 4 is 40.1 Å². The minimum absolute atomic E-state index is 0.105. The van der Waals surface area contributed by atoms with E-state index < -0.39 is 5.97 Å². The molecule has 1 aliphatic heterocycles. The molecule has 1 saturated heterocycles. The Bertz CT molecular complexity index is 1670. The summed E-state index contributed by atoms with van der Waals surface area (Å²) >= 11 is 0. The summed E-state index contributed by atoms with van der Waals surface area (Å²) in [6.45, 7) is 4.18. The predicted molar refractivity (Wildman–Crippen MR) is 162 cm³/mol. The lowest BCUT2D eigenvalue weighted by Gasteiger charge is -2.34. The summed E-state index contributed by atoms with van der Waals surface area (Å²) < 4.78 is 0. The zero-order valence-corrected chi connectivity index (χ0v) is 23.7.